The SMILES string of the molecule is C[Si](C)(C)CCOCn1ccc2c(-c3ccn(C4(CC#N)CN(C(=O)[C@@H]5CC5(F)F)C4)c3)ncnc21. The van der Waals surface area contributed by atoms with E-state index in [0.29, 0.717) is 6.73 Å². The third kappa shape index (κ3) is 4.55. The lowest BCUT2D eigenvalue weighted by Gasteiger charge is -2.50. The molecular formula is C25H30F2N6O2Si. The standard InChI is InChI=1S/C25H30F2N6O2Si/c1-36(2,3)11-10-35-17-31-8-5-19-21(29-16-30-22(19)31)18-4-9-33(13-18)24(6-7-28)14-32(15-24)23(34)20-12-25(20,26)27/h4-5,8-9,13,16,20H,6,10-12,14-15,17H2,1-3H3/t20-/m0/s1. The van der Waals surface area contributed by atoms with Gasteiger partial charge in [0.2, 0.25) is 5.91 Å². The highest BCUT2D eigenvalue weighted by Gasteiger charge is 2.64. The van der Waals surface area contributed by atoms with Gasteiger partial charge in [0, 0.05) is 63.7 Å². The van der Waals surface area contributed by atoms with Crippen molar-refractivity contribution in [3.8, 4) is 17.3 Å². The second-order valence-electron chi connectivity index (χ2n) is 11.2. The van der Waals surface area contributed by atoms with Crippen LogP contribution >= 0.6 is 0 Å². The predicted octanol–water partition coefficient (Wildman–Crippen LogP) is 4.32. The zero-order chi connectivity index (χ0) is 25.7. The summed E-state index contributed by atoms with van der Waals surface area (Å²) in [6, 6.07) is 7.18. The molecule has 190 valence electrons. The normalized spacial score (nSPS) is 20.2. The fraction of sp³-hybridized carbons (Fsp3) is 0.520. The van der Waals surface area contributed by atoms with E-state index in [-0.39, 0.29) is 25.9 Å². The third-order valence-corrected chi connectivity index (χ3v) is 8.82. The van der Waals surface area contributed by atoms with E-state index in [1.54, 1.807) is 0 Å². The van der Waals surface area contributed by atoms with Crippen LogP contribution < -0.4 is 0 Å². The minimum Gasteiger partial charge on any atom is -0.361 e. The first-order chi connectivity index (χ1) is 17.0. The number of likely N-dealkylation sites (tertiary alicyclic amines) is 1. The molecule has 2 fully saturated rings. The molecule has 1 aliphatic carbocycles. The van der Waals surface area contributed by atoms with Gasteiger partial charge in [-0.2, -0.15) is 5.26 Å². The second-order valence-corrected chi connectivity index (χ2v) is 16.8. The molecule has 0 N–H and O–H groups in total. The Kier molecular flexibility index (Phi) is 5.99. The number of hydrogen-bond acceptors (Lipinski definition) is 5. The minimum atomic E-state index is -2.89. The lowest BCUT2D eigenvalue weighted by atomic mass is 9.86. The van der Waals surface area contributed by atoms with Crippen molar-refractivity contribution in [3.05, 3.63) is 37.1 Å². The van der Waals surface area contributed by atoms with Crippen LogP contribution in [0.5, 0.6) is 0 Å². The number of halogens is 2. The van der Waals surface area contributed by atoms with Crippen LogP contribution in [-0.4, -0.2) is 63.6 Å². The van der Waals surface area contributed by atoms with Crippen LogP contribution in [0.4, 0.5) is 8.78 Å². The summed E-state index contributed by atoms with van der Waals surface area (Å²) in [5, 5.41) is 10.3. The van der Waals surface area contributed by atoms with Crippen molar-refractivity contribution in [2.45, 2.75) is 56.7 Å². The van der Waals surface area contributed by atoms with E-state index in [4.69, 9.17) is 4.74 Å². The molecule has 1 amide bonds. The first-order valence-electron chi connectivity index (χ1n) is 12.1. The Labute approximate surface area is 209 Å². The van der Waals surface area contributed by atoms with Crippen molar-refractivity contribution >= 4 is 25.0 Å². The van der Waals surface area contributed by atoms with Crippen LogP contribution in [0.3, 0.4) is 0 Å². The van der Waals surface area contributed by atoms with Gasteiger partial charge in [-0.3, -0.25) is 4.79 Å². The Morgan fingerprint density at radius 1 is 1.25 bits per heavy atom. The third-order valence-electron chi connectivity index (χ3n) is 7.11. The van der Waals surface area contributed by atoms with Crippen molar-refractivity contribution in [1.29, 1.82) is 5.26 Å². The van der Waals surface area contributed by atoms with Gasteiger partial charge in [0.15, 0.2) is 0 Å². The van der Waals surface area contributed by atoms with Crippen LogP contribution in [0, 0.1) is 17.2 Å². The number of hydrogen-bond donors (Lipinski definition) is 0. The van der Waals surface area contributed by atoms with Crippen molar-refractivity contribution in [2.24, 2.45) is 5.92 Å². The summed E-state index contributed by atoms with van der Waals surface area (Å²) < 4.78 is 36.5. The number of carbonyl (C=O) groups excluding carboxylic acids is 1. The molecule has 1 aliphatic heterocycles. The predicted molar refractivity (Wildman–Crippen MR) is 133 cm³/mol. The van der Waals surface area contributed by atoms with Gasteiger partial charge in [0.25, 0.3) is 5.92 Å². The number of ether oxygens (including phenoxy) is 1. The molecule has 0 radical (unpaired) electrons. The Bertz CT molecular complexity index is 1330. The van der Waals surface area contributed by atoms with Crippen molar-refractivity contribution < 1.29 is 18.3 Å². The summed E-state index contributed by atoms with van der Waals surface area (Å²) in [5.74, 6) is -4.62. The zero-order valence-electron chi connectivity index (χ0n) is 20.7. The molecule has 2 aliphatic rings. The zero-order valence-corrected chi connectivity index (χ0v) is 21.7. The van der Waals surface area contributed by atoms with E-state index in [2.05, 4.69) is 35.7 Å². The molecule has 36 heavy (non-hydrogen) atoms. The Hall–Kier alpha value is -3.10. The number of aromatic nitrogens is 4. The van der Waals surface area contributed by atoms with E-state index in [1.165, 1.54) is 11.2 Å². The average molecular weight is 513 g/mol. The molecule has 5 rings (SSSR count). The maximum Gasteiger partial charge on any atom is 0.260 e. The van der Waals surface area contributed by atoms with Gasteiger partial charge in [0.1, 0.15) is 24.6 Å². The molecular weight excluding hydrogens is 482 g/mol. The molecule has 1 saturated carbocycles. The van der Waals surface area contributed by atoms with E-state index < -0.39 is 31.4 Å². The second kappa shape index (κ2) is 8.78. The number of alkyl halides is 2. The van der Waals surface area contributed by atoms with E-state index in [1.807, 2.05) is 39.9 Å². The highest BCUT2D eigenvalue weighted by atomic mass is 28.3. The Balaban J connectivity index is 1.32. The maximum absolute atomic E-state index is 13.4. The van der Waals surface area contributed by atoms with Gasteiger partial charge in [0.05, 0.1) is 23.7 Å². The van der Waals surface area contributed by atoms with Gasteiger partial charge in [-0.05, 0) is 18.2 Å². The Morgan fingerprint density at radius 3 is 2.67 bits per heavy atom. The summed E-state index contributed by atoms with van der Waals surface area (Å²) in [7, 11) is -1.16. The Morgan fingerprint density at radius 2 is 2.00 bits per heavy atom. The molecule has 1 atom stereocenters. The lowest BCUT2D eigenvalue weighted by molar-refractivity contribution is -0.145. The smallest absolute Gasteiger partial charge is 0.260 e. The molecule has 0 aromatic carbocycles. The van der Waals surface area contributed by atoms with E-state index in [0.717, 1.165) is 34.9 Å². The van der Waals surface area contributed by atoms with E-state index >= 15 is 0 Å². The first-order valence-corrected chi connectivity index (χ1v) is 15.8. The summed E-state index contributed by atoms with van der Waals surface area (Å²) in [6.45, 7) is 8.57. The van der Waals surface area contributed by atoms with E-state index in [9.17, 15) is 18.8 Å². The van der Waals surface area contributed by atoms with Crippen LogP contribution in [0.25, 0.3) is 22.3 Å². The van der Waals surface area contributed by atoms with Gasteiger partial charge in [-0.25, -0.2) is 18.7 Å². The number of rotatable bonds is 9. The number of amides is 1. The number of nitriles is 1. The van der Waals surface area contributed by atoms with Crippen molar-refractivity contribution in [3.63, 3.8) is 0 Å². The topological polar surface area (TPSA) is 89.0 Å². The number of nitrogens with zero attached hydrogens (tertiary/aromatic N) is 6. The van der Waals surface area contributed by atoms with Crippen molar-refractivity contribution in [2.75, 3.05) is 19.7 Å². The van der Waals surface area contributed by atoms with Gasteiger partial charge < -0.3 is 18.8 Å². The molecule has 0 bridgehead atoms. The molecule has 0 unspecified atom stereocenters. The van der Waals surface area contributed by atoms with Crippen LogP contribution in [0.15, 0.2) is 37.1 Å². The van der Waals surface area contributed by atoms with Gasteiger partial charge in [-0.1, -0.05) is 19.6 Å². The van der Waals surface area contributed by atoms with Crippen LogP contribution in [0.2, 0.25) is 25.7 Å². The molecule has 4 heterocycles. The summed E-state index contributed by atoms with van der Waals surface area (Å²) in [4.78, 5) is 22.8. The van der Waals surface area contributed by atoms with Gasteiger partial charge >= 0.3 is 0 Å². The molecule has 11 heteroatoms. The van der Waals surface area contributed by atoms with Gasteiger partial charge in [-0.15, -0.1) is 0 Å². The first kappa shape index (κ1) is 24.6. The quantitative estimate of drug-likeness (QED) is 0.315. The monoisotopic (exact) mass is 512 g/mol. The average Bonchev–Trinajstić information content (AvgIpc) is 3.14. The van der Waals surface area contributed by atoms with Crippen molar-refractivity contribution in [1.82, 2.24) is 24.0 Å². The molecule has 0 spiro atoms. The fourth-order valence-electron chi connectivity index (χ4n) is 4.75. The largest absolute Gasteiger partial charge is 0.361 e. The molecule has 1 saturated heterocycles. The maximum atomic E-state index is 13.4. The molecule has 3 aromatic heterocycles. The highest BCUT2D eigenvalue weighted by Crippen LogP contribution is 2.51. The number of fused-ring (bicyclic) bond motifs is 1. The highest BCUT2D eigenvalue weighted by molar-refractivity contribution is 6.76. The van der Waals surface area contributed by atoms with Crippen LogP contribution in [-0.2, 0) is 21.8 Å². The summed E-state index contributed by atoms with van der Waals surface area (Å²) in [5.41, 5.74) is 1.76. The summed E-state index contributed by atoms with van der Waals surface area (Å²) >= 11 is 0. The summed E-state index contributed by atoms with van der Waals surface area (Å²) in [6.07, 6.45) is 7.04. The molecule has 8 nitrogen and oxygen atoms in total. The fourth-order valence-corrected chi connectivity index (χ4v) is 5.50. The minimum absolute atomic E-state index is 0.177. The van der Waals surface area contributed by atoms with Crippen LogP contribution in [0.1, 0.15) is 12.8 Å². The lowest BCUT2D eigenvalue weighted by Crippen LogP contribution is -2.64. The molecule has 3 aromatic rings. The number of carbonyl (C=O) groups is 1.